The molecule has 45 heavy (non-hydrogen) atoms. The maximum Gasteiger partial charge on any atom is 0 e. The average Bonchev–Trinajstić information content (AvgIpc) is 3.42. The third-order valence-corrected chi connectivity index (χ3v) is 13.0. The molecule has 0 aliphatic heterocycles. The normalized spacial score (nSPS) is 13.7. The van der Waals surface area contributed by atoms with Gasteiger partial charge >= 0.3 is 144 Å². The first-order valence-corrected chi connectivity index (χ1v) is 23.2. The first kappa shape index (κ1) is 33.3. The molecule has 1 aliphatic carbocycles. The molecule has 1 saturated carbocycles. The van der Waals surface area contributed by atoms with Crippen LogP contribution in [-0.2, 0) is 26.5 Å². The summed E-state index contributed by atoms with van der Waals surface area (Å²) in [6.45, 7) is 4.01. The van der Waals surface area contributed by atoms with Crippen LogP contribution in [0.3, 0.4) is 0 Å². The van der Waals surface area contributed by atoms with Crippen LogP contribution in [0, 0.1) is 31.9 Å². The van der Waals surface area contributed by atoms with E-state index in [4.69, 9.17) is 9.40 Å². The molecule has 0 unspecified atom stereocenters. The van der Waals surface area contributed by atoms with Crippen LogP contribution >= 0.6 is 0 Å². The van der Waals surface area contributed by atoms with Crippen molar-refractivity contribution in [3.05, 3.63) is 108 Å². The van der Waals surface area contributed by atoms with Crippen molar-refractivity contribution in [2.45, 2.75) is 69.6 Å². The Bertz CT molecular complexity index is 1890. The molecule has 2 aromatic carbocycles. The molecular weight excluding hydrogens is 791 g/mol. The molecule has 0 atom stereocenters. The predicted molar refractivity (Wildman–Crippen MR) is 185 cm³/mol. The molecule has 4 aromatic heterocycles. The Balaban J connectivity index is 0.000000174. The smallest absolute Gasteiger partial charge is 0 e. The molecule has 233 valence electrons. The number of furan rings is 1. The van der Waals surface area contributed by atoms with E-state index in [0.29, 0.717) is 0 Å². The molecule has 0 saturated heterocycles. The zero-order valence-electron chi connectivity index (χ0n) is 26.9. The molecule has 4 nitrogen and oxygen atoms in total. The number of hydrogen-bond acceptors (Lipinski definition) is 4. The van der Waals surface area contributed by atoms with Gasteiger partial charge in [0.1, 0.15) is 5.58 Å². The third-order valence-electron chi connectivity index (χ3n) is 8.71. The standard InChI is InChI=1S/C21H28GeN.C18H13N2O.Ir/c1-22(2,3)20-16-23-21(18-12-8-5-9-13-18)15-19(20)14-17-10-6-4-7-11-17;1-11-6-8-20-16(10-11)15-5-3-4-13-14-7-9-19-12(2)17(14)21-18(13)15;/h5,8-9,12,15-17H,4,6-7,10-11,14H2,1-3H3;3-4,6-10H,1-2H3;/q2*-1;. The number of fused-ring (bicyclic) bond motifs is 3. The number of aromatic nitrogens is 3. The van der Waals surface area contributed by atoms with Crippen LogP contribution in [0.5, 0.6) is 0 Å². The van der Waals surface area contributed by atoms with Crippen LogP contribution in [-0.4, -0.2) is 28.2 Å². The van der Waals surface area contributed by atoms with E-state index in [9.17, 15) is 0 Å². The second-order valence-electron chi connectivity index (χ2n) is 13.2. The van der Waals surface area contributed by atoms with Crippen molar-refractivity contribution in [1.29, 1.82) is 0 Å². The van der Waals surface area contributed by atoms with Crippen molar-refractivity contribution in [3.63, 3.8) is 0 Å². The molecule has 0 amide bonds. The minimum absolute atomic E-state index is 0. The van der Waals surface area contributed by atoms with E-state index in [2.05, 4.69) is 70.7 Å². The van der Waals surface area contributed by atoms with Crippen LogP contribution < -0.4 is 4.40 Å². The van der Waals surface area contributed by atoms with Gasteiger partial charge in [-0.05, 0) is 31.7 Å². The Hall–Kier alpha value is -3.12. The summed E-state index contributed by atoms with van der Waals surface area (Å²) in [4.78, 5) is 13.5. The van der Waals surface area contributed by atoms with Crippen molar-refractivity contribution in [2.24, 2.45) is 5.92 Å². The molecule has 7 rings (SSSR count). The number of hydrogen-bond donors (Lipinski definition) is 0. The zero-order valence-corrected chi connectivity index (χ0v) is 31.4. The Labute approximate surface area is 283 Å². The number of pyridine rings is 3. The Morgan fingerprint density at radius 1 is 0.800 bits per heavy atom. The largest absolute Gasteiger partial charge is 0 e. The van der Waals surface area contributed by atoms with Gasteiger partial charge in [0.15, 0.2) is 0 Å². The van der Waals surface area contributed by atoms with Gasteiger partial charge in [-0.2, -0.15) is 0 Å². The van der Waals surface area contributed by atoms with E-state index in [0.717, 1.165) is 56.1 Å². The van der Waals surface area contributed by atoms with Gasteiger partial charge in [0.25, 0.3) is 0 Å². The Kier molecular flexibility index (Phi) is 10.7. The minimum Gasteiger partial charge on any atom is 0 e. The summed E-state index contributed by atoms with van der Waals surface area (Å²) in [7, 11) is 0. The fraction of sp³-hybridized carbons (Fsp3) is 0.308. The van der Waals surface area contributed by atoms with Crippen molar-refractivity contribution >= 4 is 39.6 Å². The molecule has 1 fully saturated rings. The van der Waals surface area contributed by atoms with E-state index in [-0.39, 0.29) is 20.1 Å². The van der Waals surface area contributed by atoms with Crippen LogP contribution in [0.2, 0.25) is 17.3 Å². The number of benzene rings is 2. The molecule has 1 radical (unpaired) electrons. The van der Waals surface area contributed by atoms with Crippen LogP contribution in [0.4, 0.5) is 0 Å². The fourth-order valence-corrected chi connectivity index (χ4v) is 9.74. The minimum atomic E-state index is -1.89. The van der Waals surface area contributed by atoms with E-state index < -0.39 is 13.3 Å². The Morgan fingerprint density at radius 3 is 2.31 bits per heavy atom. The van der Waals surface area contributed by atoms with Crippen LogP contribution in [0.15, 0.2) is 83.7 Å². The summed E-state index contributed by atoms with van der Waals surface area (Å²) >= 11 is -1.89. The molecule has 1 aliphatic rings. The van der Waals surface area contributed by atoms with Crippen LogP contribution in [0.1, 0.15) is 48.9 Å². The van der Waals surface area contributed by atoms with Gasteiger partial charge in [0.2, 0.25) is 0 Å². The number of rotatable bonds is 5. The SMILES string of the molecule is Cc1ccnc(-c2[c-]ccc3c2oc2c(C)nccc23)c1.[CH3][Ge]([CH3])([CH3])[c]1cnc(-c2[c-]cccc2)cc1CC1CCCCC1.[Ir]. The zero-order chi connectivity index (χ0) is 30.7. The fourth-order valence-electron chi connectivity index (χ4n) is 6.40. The van der Waals surface area contributed by atoms with E-state index in [1.54, 1.807) is 9.96 Å². The van der Waals surface area contributed by atoms with Crippen molar-refractivity contribution in [3.8, 4) is 22.5 Å². The summed E-state index contributed by atoms with van der Waals surface area (Å²) in [5.41, 5.74) is 9.27. The van der Waals surface area contributed by atoms with E-state index in [1.165, 1.54) is 44.1 Å². The van der Waals surface area contributed by atoms with Crippen molar-refractivity contribution < 1.29 is 24.5 Å². The van der Waals surface area contributed by atoms with Gasteiger partial charge < -0.3 is 9.40 Å². The van der Waals surface area contributed by atoms with E-state index in [1.807, 2.05) is 61.8 Å². The summed E-state index contributed by atoms with van der Waals surface area (Å²) < 4.78 is 7.67. The monoisotopic (exact) mass is 834 g/mol. The van der Waals surface area contributed by atoms with Gasteiger partial charge in [0.05, 0.1) is 11.3 Å². The molecule has 4 heterocycles. The molecular formula is C39H41GeIrN3O-2. The summed E-state index contributed by atoms with van der Waals surface area (Å²) in [6.07, 6.45) is 14.1. The van der Waals surface area contributed by atoms with Crippen LogP contribution in [0.25, 0.3) is 44.5 Å². The molecule has 6 heteroatoms. The Morgan fingerprint density at radius 2 is 1.58 bits per heavy atom. The van der Waals surface area contributed by atoms with Crippen molar-refractivity contribution in [1.82, 2.24) is 15.0 Å². The first-order valence-electron chi connectivity index (χ1n) is 15.9. The maximum atomic E-state index is 6.07. The summed E-state index contributed by atoms with van der Waals surface area (Å²) in [5.74, 6) is 8.32. The predicted octanol–water partition coefficient (Wildman–Crippen LogP) is 9.67. The molecule has 0 N–H and O–H groups in total. The van der Waals surface area contributed by atoms with Crippen molar-refractivity contribution in [2.75, 3.05) is 0 Å². The molecule has 0 spiro atoms. The average molecular weight is 833 g/mol. The van der Waals surface area contributed by atoms with Gasteiger partial charge in [0, 0.05) is 37.9 Å². The second-order valence-corrected chi connectivity index (χ2v) is 23.7. The van der Waals surface area contributed by atoms with Gasteiger partial charge in [-0.1, -0.05) is 22.6 Å². The van der Waals surface area contributed by atoms with Gasteiger partial charge in [-0.25, -0.2) is 0 Å². The third kappa shape index (κ3) is 7.65. The number of aryl methyl sites for hydroxylation is 2. The number of nitrogens with zero attached hydrogens (tertiary/aromatic N) is 3. The summed E-state index contributed by atoms with van der Waals surface area (Å²) in [5, 5.41) is 2.16. The topological polar surface area (TPSA) is 51.8 Å². The first-order chi connectivity index (χ1) is 21.3. The molecule has 0 bridgehead atoms. The van der Waals surface area contributed by atoms with Gasteiger partial charge in [-0.15, -0.1) is 18.2 Å². The summed E-state index contributed by atoms with van der Waals surface area (Å²) in [6, 6.07) is 27.1. The molecule has 6 aromatic rings. The quantitative estimate of drug-likeness (QED) is 0.128. The second kappa shape index (κ2) is 14.5. The van der Waals surface area contributed by atoms with E-state index >= 15 is 0 Å². The maximum absolute atomic E-state index is 6.07. The van der Waals surface area contributed by atoms with Gasteiger partial charge in [-0.3, -0.25) is 4.98 Å².